The minimum Gasteiger partial charge on any atom is -0.870 e. The maximum Gasteiger partial charge on any atom is 1.00 e. The average molecular weight is 1910 g/mol. The number of aromatic nitrogens is 6. The van der Waals surface area contributed by atoms with E-state index in [-0.39, 0.29) is 118 Å². The van der Waals surface area contributed by atoms with Crippen LogP contribution in [-0.2, 0) is 62.8 Å². The molecule has 3 unspecified atom stereocenters. The molecular weight excluding hydrogens is 1780 g/mol. The Morgan fingerprint density at radius 2 is 0.765 bits per heavy atom. The molecule has 34 heteroatoms. The van der Waals surface area contributed by atoms with Crippen LogP contribution in [0.1, 0.15) is 116 Å². The van der Waals surface area contributed by atoms with Gasteiger partial charge in [-0.3, -0.25) is 9.59 Å². The number of aryl methyl sites for hydroxylation is 2. The van der Waals surface area contributed by atoms with Crippen LogP contribution in [0.3, 0.4) is 0 Å². The molecule has 9 aliphatic heterocycles. The van der Waals surface area contributed by atoms with Crippen molar-refractivity contribution in [3.05, 3.63) is 205 Å². The predicted molar refractivity (Wildman–Crippen MR) is 543 cm³/mol. The van der Waals surface area contributed by atoms with E-state index in [0.717, 1.165) is 191 Å². The van der Waals surface area contributed by atoms with E-state index in [2.05, 4.69) is 207 Å². The van der Waals surface area contributed by atoms with Gasteiger partial charge in [-0.2, -0.15) is 86.2 Å². The van der Waals surface area contributed by atoms with Crippen molar-refractivity contribution < 1.29 is 78.3 Å². The number of aromatic hydroxyl groups is 1. The molecule has 9 aromatic rings. The number of piperidine rings is 1. The van der Waals surface area contributed by atoms with Gasteiger partial charge in [0.05, 0.1) is 79.8 Å². The number of likely N-dealkylation sites (tertiary alicyclic amines) is 3. The Bertz CT molecular complexity index is 5640. The summed E-state index contributed by atoms with van der Waals surface area (Å²) in [5.41, 5.74) is 12.4. The standard InChI is InChI=1S/C33H39N7O2.C32H37N7O3.C31H38N6O.C6H6O3.Na.H2O.3H2S/c1-4-31(41)40-17-16-39(20-25(40)11-13-34)32-28-12-15-38(30-19-23(2)18-24-8-5-6-10-27(24)30)21-29(28)35-33(36-32)42-22-26-9-7-14-37(26)3;1-3-30(41)39-16-15-38(19-23(39)10-12-33)31-27-11-14-37(29-18-25(40)17-22-7-4-5-9-26(22)29)20-28(27)34-32(35-31)42-21-24-8-6-13-36(24)2;1-22-17-24-8-3-4-10-26(24)29(18-22)36-16-12-27-28(20-36)33-31(38-21-25-9-6-14-35(25)2)34-30(27)37-15-5-7-23(19-37)11-13-32;1-3-5(7)9-6(8)4-2;;;;;/h4-6,8,10,18-19,25-26H,1,7,9,11-12,14-17,20-22H2,2-3H3;3-5,7,9,17-18,23-24,40H,1,6,8,10-11,13-16,19-21H2,2H3;3-4,8,10,17-18,23,25H,5-7,9,11-12,14-16,19-21H2,1-2H3;3-4H,1-2H2;;4*1H2/q;;;;+1;;;;/p-1/t25?,26-;23?,24-;23?,25-;;;;;;/m000....../s1. The van der Waals surface area contributed by atoms with E-state index in [1.54, 1.807) is 15.9 Å². The molecule has 3 aromatic heterocycles. The number of piperazine rings is 2. The average Bonchev–Trinajstić information content (AvgIpc) is 0.890. The number of hydrogen-bond acceptors (Lipinski definition) is 28. The first kappa shape index (κ1) is 107. The number of rotatable bonds is 22. The minimum absolute atomic E-state index is 0. The molecule has 9 aliphatic rings. The maximum absolute atomic E-state index is 12.5. The Morgan fingerprint density at radius 3 is 1.11 bits per heavy atom. The van der Waals surface area contributed by atoms with Gasteiger partial charge in [-0.25, -0.2) is 9.59 Å². The molecule has 6 saturated heterocycles. The number of fused-ring (bicyclic) bond motifs is 6. The topological polar surface area (TPSA) is 340 Å². The van der Waals surface area contributed by atoms with Gasteiger partial charge in [-0.05, 0) is 189 Å². The van der Waals surface area contributed by atoms with Gasteiger partial charge in [0.15, 0.2) is 0 Å². The van der Waals surface area contributed by atoms with Crippen LogP contribution in [0.2, 0.25) is 0 Å². The summed E-state index contributed by atoms with van der Waals surface area (Å²) in [5, 5.41) is 45.9. The van der Waals surface area contributed by atoms with Crippen molar-refractivity contribution in [3.63, 3.8) is 0 Å². The Morgan fingerprint density at radius 1 is 0.419 bits per heavy atom. The van der Waals surface area contributed by atoms with E-state index in [0.29, 0.717) is 121 Å². The second-order valence-corrected chi connectivity index (χ2v) is 35.6. The van der Waals surface area contributed by atoms with Crippen molar-refractivity contribution in [1.82, 2.24) is 54.4 Å². The summed E-state index contributed by atoms with van der Waals surface area (Å²) in [7, 11) is 6.44. The number of amides is 2. The molecule has 12 heterocycles. The van der Waals surface area contributed by atoms with Gasteiger partial charge in [0.2, 0.25) is 11.8 Å². The monoisotopic (exact) mass is 1910 g/mol. The summed E-state index contributed by atoms with van der Waals surface area (Å²) in [6, 6.07) is 46.8. The minimum atomic E-state index is -0.764. The predicted octanol–water partition coefficient (Wildman–Crippen LogP) is 10.3. The first-order valence-electron chi connectivity index (χ1n) is 46.1. The summed E-state index contributed by atoms with van der Waals surface area (Å²) < 4.78 is 22.9. The molecule has 0 spiro atoms. The molecule has 714 valence electrons. The van der Waals surface area contributed by atoms with Crippen molar-refractivity contribution in [3.8, 4) is 42.0 Å². The number of nitrogens with zero attached hydrogens (tertiary/aromatic N) is 20. The Balaban J connectivity index is 0.000000198. The molecule has 6 aromatic carbocycles. The number of ether oxygens (including phenoxy) is 4. The molecule has 6 fully saturated rings. The zero-order valence-electron chi connectivity index (χ0n) is 79.1. The molecule has 2 N–H and O–H groups in total. The van der Waals surface area contributed by atoms with E-state index in [1.807, 2.05) is 24.3 Å². The molecule has 2 amide bonds. The molecule has 18 rings (SSSR count). The number of benzene rings is 6. The molecule has 6 atom stereocenters. The van der Waals surface area contributed by atoms with Crippen LogP contribution in [0.5, 0.6) is 23.8 Å². The smallest absolute Gasteiger partial charge is 0.870 e. The number of phenols is 1. The van der Waals surface area contributed by atoms with Crippen molar-refractivity contribution >= 4 is 131 Å². The van der Waals surface area contributed by atoms with Crippen LogP contribution >= 0.6 is 40.5 Å². The summed E-state index contributed by atoms with van der Waals surface area (Å²) in [5.74, 6) is 1.54. The summed E-state index contributed by atoms with van der Waals surface area (Å²) in [6.07, 6.45) is 17.1. The van der Waals surface area contributed by atoms with Gasteiger partial charge >= 0.3 is 59.5 Å². The summed E-state index contributed by atoms with van der Waals surface area (Å²) in [4.78, 5) is 99.8. The Kier molecular flexibility index (Phi) is 39.4. The second kappa shape index (κ2) is 50.2. The van der Waals surface area contributed by atoms with E-state index in [9.17, 15) is 40.1 Å². The van der Waals surface area contributed by atoms with Crippen LogP contribution in [0.15, 0.2) is 160 Å². The third-order valence-electron chi connectivity index (χ3n) is 27.0. The first-order chi connectivity index (χ1) is 63.7. The normalized spacial score (nSPS) is 19.5. The Labute approximate surface area is 841 Å². The maximum atomic E-state index is 12.5. The number of esters is 2. The number of carbonyl (C=O) groups excluding carboxylic acids is 4. The van der Waals surface area contributed by atoms with Crippen molar-refractivity contribution in [2.75, 3.05) is 162 Å². The van der Waals surface area contributed by atoms with E-state index in [1.165, 1.54) is 74.6 Å². The third-order valence-corrected chi connectivity index (χ3v) is 27.0. The fourth-order valence-corrected chi connectivity index (χ4v) is 20.0. The number of hydrogen-bond donors (Lipinski definition) is 1. The quantitative estimate of drug-likeness (QED) is 0.0285. The van der Waals surface area contributed by atoms with Gasteiger partial charge in [0, 0.05) is 165 Å². The number of likely N-dealkylation sites (N-methyl/N-ethyl adjacent to an activating group) is 3. The largest absolute Gasteiger partial charge is 1.00 e. The molecule has 0 radical (unpaired) electrons. The number of phenolic OH excluding ortho intramolecular Hbond substituents is 1. The van der Waals surface area contributed by atoms with Crippen LogP contribution in [0.25, 0.3) is 32.3 Å². The second-order valence-electron chi connectivity index (χ2n) is 35.6. The fraction of sp³-hybridized carbons (Fsp3) is 0.441. The number of anilines is 6. The van der Waals surface area contributed by atoms with E-state index in [4.69, 9.17) is 44.1 Å². The molecule has 0 aliphatic carbocycles. The van der Waals surface area contributed by atoms with Crippen LogP contribution in [-0.4, -0.2) is 252 Å². The van der Waals surface area contributed by atoms with E-state index < -0.39 is 11.9 Å². The van der Waals surface area contributed by atoms with Crippen molar-refractivity contribution in [2.45, 2.75) is 154 Å². The van der Waals surface area contributed by atoms with Gasteiger partial charge < -0.3 is 83.4 Å². The SMILES string of the molecule is C=CC(=O)N1CCN(c2nc(OC[C@@H]3CCCN3C)nc3c2CCN(c2cc(C)cc4ccccc24)C3)CC1CC#N.C=CC(=O)N1CCN(c2nc(OC[C@@H]3CCCN3C)nc3c2CCN(c2cc(O)cc4ccccc24)C3)CC1CC#N.C=CC(=O)OC(=O)C=C.Cc1cc(N2CCc3c(nc(OC[C@@H]4CCCN4C)nc3N3CCCC(CC#N)C3)C2)c2ccccc2c1.S.S.S.[Na+].[OH-]. The zero-order chi connectivity index (χ0) is 91.8. The molecule has 136 heavy (non-hydrogen) atoms. The number of carbonyl (C=O) groups is 4. The van der Waals surface area contributed by atoms with Gasteiger partial charge in [-0.1, -0.05) is 111 Å². The molecule has 0 saturated carbocycles. The van der Waals surface area contributed by atoms with Gasteiger partial charge in [-0.15, -0.1) is 0 Å². The molecular formula is C102H127N20NaO10S3. The fourth-order valence-electron chi connectivity index (χ4n) is 20.0. The van der Waals surface area contributed by atoms with E-state index >= 15 is 0 Å². The summed E-state index contributed by atoms with van der Waals surface area (Å²) >= 11 is 0. The van der Waals surface area contributed by atoms with Gasteiger partial charge in [0.1, 0.15) is 43.0 Å². The zero-order valence-corrected chi connectivity index (χ0v) is 84.1. The first-order valence-corrected chi connectivity index (χ1v) is 46.1. The van der Waals surface area contributed by atoms with Crippen LogP contribution in [0.4, 0.5) is 34.5 Å². The summed E-state index contributed by atoms with van der Waals surface area (Å²) in [6.45, 7) is 32.3. The van der Waals surface area contributed by atoms with Crippen molar-refractivity contribution in [1.29, 1.82) is 15.8 Å². The molecule has 30 nitrogen and oxygen atoms in total. The number of nitriles is 3. The van der Waals surface area contributed by atoms with Crippen LogP contribution in [0, 0.1) is 53.8 Å². The molecule has 0 bridgehead atoms. The van der Waals surface area contributed by atoms with Crippen molar-refractivity contribution in [2.24, 2.45) is 5.92 Å². The van der Waals surface area contributed by atoms with Crippen LogP contribution < -0.4 is 73.2 Å². The Hall–Kier alpha value is -11.3. The third kappa shape index (κ3) is 25.6. The van der Waals surface area contributed by atoms with Gasteiger partial charge in [0.25, 0.3) is 0 Å².